The fourth-order valence-corrected chi connectivity index (χ4v) is 2.38. The van der Waals surface area contributed by atoms with Crippen LogP contribution in [-0.4, -0.2) is 11.1 Å². The molecule has 3 nitrogen and oxygen atoms in total. The van der Waals surface area contributed by atoms with Crippen molar-refractivity contribution in [2.75, 3.05) is 0 Å². The Hall–Kier alpha value is -2.13. The van der Waals surface area contributed by atoms with E-state index in [2.05, 4.69) is 4.99 Å². The molecular formula is C15H10ClNO2. The Morgan fingerprint density at radius 2 is 2.05 bits per heavy atom. The molecule has 2 aromatic carbocycles. The van der Waals surface area contributed by atoms with Crippen LogP contribution < -0.4 is 10.6 Å². The molecule has 4 heteroatoms. The highest BCUT2D eigenvalue weighted by atomic mass is 35.5. The number of carboxylic acid groups (broad SMARTS) is 1. The third kappa shape index (κ3) is 2.13. The molecule has 3 rings (SSSR count). The van der Waals surface area contributed by atoms with Crippen LogP contribution in [0, 0.1) is 0 Å². The number of hydrogen-bond donors (Lipinski definition) is 1. The third-order valence-electron chi connectivity index (χ3n) is 3.10. The number of carbonyl (C=O) groups is 1. The Kier molecular flexibility index (Phi) is 2.84. The van der Waals surface area contributed by atoms with Crippen LogP contribution in [0.25, 0.3) is 16.7 Å². The minimum absolute atomic E-state index is 0.0137. The molecule has 1 aliphatic rings. The van der Waals surface area contributed by atoms with Crippen LogP contribution >= 0.6 is 11.6 Å². The molecule has 94 valence electrons. The second kappa shape index (κ2) is 4.52. The Morgan fingerprint density at radius 3 is 2.79 bits per heavy atom. The predicted octanol–water partition coefficient (Wildman–Crippen LogP) is 2.22. The molecule has 0 fully saturated rings. The van der Waals surface area contributed by atoms with Gasteiger partial charge >= 0.3 is 5.97 Å². The van der Waals surface area contributed by atoms with Crippen LogP contribution in [0.4, 0.5) is 5.69 Å². The lowest BCUT2D eigenvalue weighted by Crippen LogP contribution is -2.08. The average Bonchev–Trinajstić information content (AvgIpc) is 2.74. The van der Waals surface area contributed by atoms with Crippen LogP contribution in [0.3, 0.4) is 0 Å². The second-order valence-electron chi connectivity index (χ2n) is 4.42. The van der Waals surface area contributed by atoms with Crippen molar-refractivity contribution in [1.29, 1.82) is 0 Å². The van der Waals surface area contributed by atoms with Gasteiger partial charge in [0.25, 0.3) is 0 Å². The van der Waals surface area contributed by atoms with Crippen molar-refractivity contribution in [2.45, 2.75) is 6.42 Å². The summed E-state index contributed by atoms with van der Waals surface area (Å²) in [6, 6.07) is 11.4. The highest BCUT2D eigenvalue weighted by molar-refractivity contribution is 6.38. The Morgan fingerprint density at radius 1 is 1.21 bits per heavy atom. The zero-order valence-corrected chi connectivity index (χ0v) is 10.7. The Labute approximate surface area is 114 Å². The quantitative estimate of drug-likeness (QED) is 0.777. The van der Waals surface area contributed by atoms with Crippen LogP contribution in [0.15, 0.2) is 41.4 Å². The molecule has 0 amide bonds. The minimum atomic E-state index is -0.838. The molecule has 0 bridgehead atoms. The molecule has 0 aromatic heterocycles. The summed E-state index contributed by atoms with van der Waals surface area (Å²) < 4.78 is 0. The van der Waals surface area contributed by atoms with Crippen molar-refractivity contribution in [3.8, 4) is 11.1 Å². The summed E-state index contributed by atoms with van der Waals surface area (Å²) in [6.45, 7) is 0. The molecule has 0 spiro atoms. The summed E-state index contributed by atoms with van der Waals surface area (Å²) in [6.07, 6.45) is 0.0137. The van der Waals surface area contributed by atoms with E-state index in [1.807, 2.05) is 36.4 Å². The predicted molar refractivity (Wildman–Crippen MR) is 74.0 cm³/mol. The van der Waals surface area contributed by atoms with Gasteiger partial charge in [-0.05, 0) is 29.0 Å². The van der Waals surface area contributed by atoms with Gasteiger partial charge in [0.2, 0.25) is 0 Å². The zero-order chi connectivity index (χ0) is 13.4. The van der Waals surface area contributed by atoms with E-state index in [0.717, 1.165) is 33.0 Å². The number of rotatable bonds is 2. The molecule has 1 N–H and O–H groups in total. The smallest absolute Gasteiger partial charge is 0.307 e. The van der Waals surface area contributed by atoms with Gasteiger partial charge in [0, 0.05) is 16.7 Å². The number of carboxylic acids is 1. The van der Waals surface area contributed by atoms with E-state index in [0.29, 0.717) is 0 Å². The van der Waals surface area contributed by atoms with E-state index >= 15 is 0 Å². The summed E-state index contributed by atoms with van der Waals surface area (Å²) in [7, 11) is 0. The Balaban J connectivity index is 2.13. The maximum Gasteiger partial charge on any atom is 0.307 e. The number of aliphatic carboxylic acids is 1. The summed E-state index contributed by atoms with van der Waals surface area (Å²) in [5, 5.41) is 10.6. The van der Waals surface area contributed by atoms with E-state index < -0.39 is 5.97 Å². The molecule has 19 heavy (non-hydrogen) atoms. The summed E-state index contributed by atoms with van der Waals surface area (Å²) in [5.41, 5.74) is 5.15. The first kappa shape index (κ1) is 11.9. The number of nitrogens with zero attached hydrogens (tertiary/aromatic N) is 1. The fraction of sp³-hybridized carbons (Fsp3) is 0.0667. The molecule has 1 aliphatic heterocycles. The highest BCUT2D eigenvalue weighted by Gasteiger charge is 2.14. The number of halogens is 1. The first-order valence-corrected chi connectivity index (χ1v) is 6.25. The number of hydrogen-bond acceptors (Lipinski definition) is 2. The number of fused-ring (bicyclic) bond motifs is 3. The van der Waals surface area contributed by atoms with Gasteiger partial charge in [0.05, 0.1) is 17.5 Å². The lowest BCUT2D eigenvalue weighted by Gasteiger charge is -2.02. The molecule has 0 atom stereocenters. The van der Waals surface area contributed by atoms with Gasteiger partial charge in [-0.25, -0.2) is 4.99 Å². The van der Waals surface area contributed by atoms with Gasteiger partial charge in [-0.15, -0.1) is 0 Å². The van der Waals surface area contributed by atoms with Crippen LogP contribution in [0.2, 0.25) is 0 Å². The van der Waals surface area contributed by atoms with Gasteiger partial charge in [0.15, 0.2) is 0 Å². The van der Waals surface area contributed by atoms with E-state index in [1.165, 1.54) is 5.54 Å². The van der Waals surface area contributed by atoms with Gasteiger partial charge in [-0.1, -0.05) is 29.8 Å². The fourth-order valence-electron chi connectivity index (χ4n) is 2.25. The molecule has 1 heterocycles. The van der Waals surface area contributed by atoms with Crippen molar-refractivity contribution in [3.63, 3.8) is 0 Å². The summed E-state index contributed by atoms with van der Waals surface area (Å²) >= 11 is 5.72. The van der Waals surface area contributed by atoms with E-state index in [-0.39, 0.29) is 6.42 Å². The van der Waals surface area contributed by atoms with Gasteiger partial charge in [0.1, 0.15) is 0 Å². The lowest BCUT2D eigenvalue weighted by molar-refractivity contribution is -0.136. The first-order chi connectivity index (χ1) is 9.17. The molecule has 0 saturated carbocycles. The van der Waals surface area contributed by atoms with Gasteiger partial charge in [-0.3, -0.25) is 4.79 Å². The molecule has 0 saturated heterocycles. The monoisotopic (exact) mass is 271 g/mol. The first-order valence-electron chi connectivity index (χ1n) is 5.82. The maximum absolute atomic E-state index is 10.7. The Bertz CT molecular complexity index is 796. The van der Waals surface area contributed by atoms with Crippen LogP contribution in [0.5, 0.6) is 0 Å². The van der Waals surface area contributed by atoms with Crippen molar-refractivity contribution >= 4 is 28.8 Å². The van der Waals surface area contributed by atoms with Crippen molar-refractivity contribution < 1.29 is 9.90 Å². The van der Waals surface area contributed by atoms with Crippen LogP contribution in [-0.2, 0) is 11.2 Å². The van der Waals surface area contributed by atoms with Gasteiger partial charge < -0.3 is 5.11 Å². The topological polar surface area (TPSA) is 49.7 Å². The van der Waals surface area contributed by atoms with E-state index in [9.17, 15) is 4.79 Å². The molecule has 2 aromatic rings. The van der Waals surface area contributed by atoms with Crippen molar-refractivity contribution in [1.82, 2.24) is 0 Å². The normalized spacial score (nSPS) is 12.8. The molecule has 0 unspecified atom stereocenters. The third-order valence-corrected chi connectivity index (χ3v) is 3.35. The zero-order valence-electron chi connectivity index (χ0n) is 9.93. The van der Waals surface area contributed by atoms with E-state index in [1.54, 1.807) is 0 Å². The minimum Gasteiger partial charge on any atom is -0.481 e. The number of benzene rings is 2. The summed E-state index contributed by atoms with van der Waals surface area (Å²) in [4.78, 5) is 15.2. The van der Waals surface area contributed by atoms with Crippen molar-refractivity contribution in [2.24, 2.45) is 4.99 Å². The largest absolute Gasteiger partial charge is 0.481 e. The maximum atomic E-state index is 10.7. The summed E-state index contributed by atoms with van der Waals surface area (Å²) in [5.74, 6) is -0.838. The van der Waals surface area contributed by atoms with Crippen molar-refractivity contribution in [3.05, 3.63) is 52.5 Å². The average molecular weight is 272 g/mol. The highest BCUT2D eigenvalue weighted by Crippen LogP contribution is 2.32. The van der Waals surface area contributed by atoms with E-state index in [4.69, 9.17) is 16.7 Å². The standard InChI is InChI=1S/C15H10ClNO2/c16-8-10-2-4-13-12(5-10)11-3-1-9(7-15(18)19)6-14(11)17-13/h1-6,8H,7H2,(H,18,19)/b10-8-. The lowest BCUT2D eigenvalue weighted by atomic mass is 10.0. The molecule has 0 aliphatic carbocycles. The molecular weight excluding hydrogens is 262 g/mol. The van der Waals surface area contributed by atoms with Gasteiger partial charge in [-0.2, -0.15) is 0 Å². The second-order valence-corrected chi connectivity index (χ2v) is 4.64. The molecule has 0 radical (unpaired) electrons. The van der Waals surface area contributed by atoms with Crippen LogP contribution in [0.1, 0.15) is 5.56 Å². The SMILES string of the molecule is O=C(O)Cc1ccc2c(c1)N=c1cc/c(=C/Cl)cc1-2.